The molecular formula is C20H26NO5-. The predicted molar refractivity (Wildman–Crippen MR) is 93.9 cm³/mol. The van der Waals surface area contributed by atoms with Gasteiger partial charge in [0.1, 0.15) is 0 Å². The first-order valence-electron chi connectivity index (χ1n) is 8.98. The van der Waals surface area contributed by atoms with Crippen molar-refractivity contribution in [2.75, 3.05) is 7.11 Å². The Morgan fingerprint density at radius 1 is 1.19 bits per heavy atom. The van der Waals surface area contributed by atoms with Crippen LogP contribution in [-0.2, 0) is 19.1 Å². The molecular weight excluding hydrogens is 334 g/mol. The zero-order chi connectivity index (χ0) is 19.3. The molecule has 1 saturated carbocycles. The van der Waals surface area contributed by atoms with Crippen LogP contribution in [0.15, 0.2) is 18.2 Å². The largest absolute Gasteiger partial charge is 0.550 e. The molecule has 0 aliphatic heterocycles. The van der Waals surface area contributed by atoms with Crippen molar-refractivity contribution in [3.63, 3.8) is 0 Å². The molecule has 0 unspecified atom stereocenters. The Labute approximate surface area is 153 Å². The summed E-state index contributed by atoms with van der Waals surface area (Å²) in [6, 6.07) is 5.27. The van der Waals surface area contributed by atoms with Crippen LogP contribution in [0, 0.1) is 25.7 Å². The highest BCUT2D eigenvalue weighted by Gasteiger charge is 2.33. The van der Waals surface area contributed by atoms with E-state index in [1.165, 1.54) is 7.11 Å². The monoisotopic (exact) mass is 360 g/mol. The molecule has 0 bridgehead atoms. The Kier molecular flexibility index (Phi) is 6.77. The summed E-state index contributed by atoms with van der Waals surface area (Å²) in [7, 11) is 1.30. The zero-order valence-corrected chi connectivity index (χ0v) is 15.5. The minimum absolute atomic E-state index is 0.00472. The van der Waals surface area contributed by atoms with Gasteiger partial charge in [-0.25, -0.2) is 0 Å². The molecule has 0 radical (unpaired) electrons. The van der Waals surface area contributed by atoms with E-state index in [0.29, 0.717) is 12.8 Å². The molecule has 1 amide bonds. The number of hydrogen-bond donors (Lipinski definition) is 1. The fourth-order valence-electron chi connectivity index (χ4n) is 3.63. The Bertz CT molecular complexity index is 685. The third-order valence-corrected chi connectivity index (χ3v) is 5.13. The van der Waals surface area contributed by atoms with Crippen LogP contribution in [0.25, 0.3) is 0 Å². The van der Waals surface area contributed by atoms with Gasteiger partial charge >= 0.3 is 5.97 Å². The van der Waals surface area contributed by atoms with Crippen LogP contribution in [0.4, 0.5) is 0 Å². The molecule has 1 N–H and O–H groups in total. The number of amides is 1. The summed E-state index contributed by atoms with van der Waals surface area (Å²) in [5.74, 6) is -3.36. The average molecular weight is 360 g/mol. The van der Waals surface area contributed by atoms with Gasteiger partial charge in [-0.1, -0.05) is 36.6 Å². The van der Waals surface area contributed by atoms with Crippen LogP contribution < -0.4 is 10.4 Å². The van der Waals surface area contributed by atoms with Crippen molar-refractivity contribution in [3.05, 3.63) is 34.9 Å². The molecule has 1 aliphatic carbocycles. The SMILES string of the molecule is COC(=O)C[C@@H](NC(=O)[C@H]1CCCC[C@@H]1C(=O)[O-])c1cc(C)ccc1C. The number of carbonyl (C=O) groups excluding carboxylic acids is 3. The number of aliphatic carboxylic acids is 1. The summed E-state index contributed by atoms with van der Waals surface area (Å²) in [5.41, 5.74) is 2.80. The maximum atomic E-state index is 12.8. The van der Waals surface area contributed by atoms with Gasteiger partial charge in [0.25, 0.3) is 0 Å². The van der Waals surface area contributed by atoms with Gasteiger partial charge in [-0.2, -0.15) is 0 Å². The molecule has 2 rings (SSSR count). The molecule has 1 aromatic carbocycles. The number of benzene rings is 1. The molecule has 0 heterocycles. The van der Waals surface area contributed by atoms with E-state index in [0.717, 1.165) is 29.5 Å². The molecule has 0 spiro atoms. The molecule has 0 aromatic heterocycles. The van der Waals surface area contributed by atoms with Crippen LogP contribution in [-0.4, -0.2) is 25.0 Å². The molecule has 6 nitrogen and oxygen atoms in total. The first kappa shape index (κ1) is 19.9. The topological polar surface area (TPSA) is 95.5 Å². The van der Waals surface area contributed by atoms with Crippen molar-refractivity contribution in [2.24, 2.45) is 11.8 Å². The zero-order valence-electron chi connectivity index (χ0n) is 15.5. The average Bonchev–Trinajstić information content (AvgIpc) is 2.62. The summed E-state index contributed by atoms with van der Waals surface area (Å²) in [6.07, 6.45) is 2.56. The van der Waals surface area contributed by atoms with Crippen molar-refractivity contribution in [2.45, 2.75) is 52.0 Å². The minimum Gasteiger partial charge on any atom is -0.550 e. The van der Waals surface area contributed by atoms with Gasteiger partial charge in [-0.05, 0) is 37.8 Å². The van der Waals surface area contributed by atoms with Crippen molar-refractivity contribution >= 4 is 17.8 Å². The third-order valence-electron chi connectivity index (χ3n) is 5.13. The summed E-state index contributed by atoms with van der Waals surface area (Å²) in [5, 5.41) is 14.3. The number of hydrogen-bond acceptors (Lipinski definition) is 5. The standard InChI is InChI=1S/C20H27NO5/c1-12-8-9-13(2)16(10-12)17(11-18(22)26-3)21-19(23)14-6-4-5-7-15(14)20(24)25/h8-10,14-15,17H,4-7,11H2,1-3H3,(H,21,23)(H,24,25)/p-1/t14-,15-,17+/m0/s1. The molecule has 26 heavy (non-hydrogen) atoms. The first-order chi connectivity index (χ1) is 12.3. The Hall–Kier alpha value is -2.37. The van der Waals surface area contributed by atoms with E-state index in [-0.39, 0.29) is 12.3 Å². The second kappa shape index (κ2) is 8.83. The van der Waals surface area contributed by atoms with Crippen molar-refractivity contribution in [1.29, 1.82) is 0 Å². The van der Waals surface area contributed by atoms with E-state index in [4.69, 9.17) is 4.74 Å². The van der Waals surface area contributed by atoms with Gasteiger partial charge in [0.2, 0.25) is 5.91 Å². The van der Waals surface area contributed by atoms with Crippen LogP contribution in [0.1, 0.15) is 54.8 Å². The lowest BCUT2D eigenvalue weighted by Gasteiger charge is -2.32. The van der Waals surface area contributed by atoms with Crippen LogP contribution in [0.2, 0.25) is 0 Å². The lowest BCUT2D eigenvalue weighted by atomic mass is 9.78. The number of aryl methyl sites for hydroxylation is 2. The van der Waals surface area contributed by atoms with Crippen molar-refractivity contribution in [1.82, 2.24) is 5.32 Å². The summed E-state index contributed by atoms with van der Waals surface area (Å²) in [4.78, 5) is 36.0. The van der Waals surface area contributed by atoms with E-state index < -0.39 is 29.8 Å². The number of rotatable bonds is 6. The number of nitrogens with one attached hydrogen (secondary N) is 1. The van der Waals surface area contributed by atoms with Gasteiger partial charge in [-0.3, -0.25) is 9.59 Å². The van der Waals surface area contributed by atoms with Gasteiger partial charge in [0.15, 0.2) is 0 Å². The maximum absolute atomic E-state index is 12.8. The third kappa shape index (κ3) is 4.84. The number of methoxy groups -OCH3 is 1. The molecule has 0 saturated heterocycles. The maximum Gasteiger partial charge on any atom is 0.307 e. The number of ether oxygens (including phenoxy) is 1. The van der Waals surface area contributed by atoms with E-state index in [1.807, 2.05) is 32.0 Å². The van der Waals surface area contributed by atoms with E-state index in [2.05, 4.69) is 5.32 Å². The molecule has 3 atom stereocenters. The normalized spacial score (nSPS) is 20.9. The van der Waals surface area contributed by atoms with Gasteiger partial charge in [0, 0.05) is 17.8 Å². The van der Waals surface area contributed by atoms with Gasteiger partial charge < -0.3 is 20.0 Å². The lowest BCUT2D eigenvalue weighted by Crippen LogP contribution is -2.45. The Morgan fingerprint density at radius 2 is 1.85 bits per heavy atom. The molecule has 142 valence electrons. The fourth-order valence-corrected chi connectivity index (χ4v) is 3.63. The van der Waals surface area contributed by atoms with Crippen LogP contribution in [0.5, 0.6) is 0 Å². The summed E-state index contributed by atoms with van der Waals surface area (Å²) < 4.78 is 4.76. The highest BCUT2D eigenvalue weighted by atomic mass is 16.5. The second-order valence-corrected chi connectivity index (χ2v) is 7.02. The van der Waals surface area contributed by atoms with Crippen LogP contribution >= 0.6 is 0 Å². The Balaban J connectivity index is 2.25. The fraction of sp³-hybridized carbons (Fsp3) is 0.550. The quantitative estimate of drug-likeness (QED) is 0.777. The van der Waals surface area contributed by atoms with Crippen molar-refractivity contribution < 1.29 is 24.2 Å². The first-order valence-corrected chi connectivity index (χ1v) is 8.98. The van der Waals surface area contributed by atoms with Gasteiger partial charge in [0.05, 0.1) is 19.6 Å². The molecule has 1 fully saturated rings. The molecule has 1 aromatic rings. The van der Waals surface area contributed by atoms with Gasteiger partial charge in [-0.15, -0.1) is 0 Å². The number of carboxylic acid groups (broad SMARTS) is 1. The number of carbonyl (C=O) groups is 3. The van der Waals surface area contributed by atoms with Crippen LogP contribution in [0.3, 0.4) is 0 Å². The predicted octanol–water partition coefficient (Wildman–Crippen LogP) is 1.58. The lowest BCUT2D eigenvalue weighted by molar-refractivity contribution is -0.314. The van der Waals surface area contributed by atoms with E-state index in [9.17, 15) is 19.5 Å². The summed E-state index contributed by atoms with van der Waals surface area (Å²) in [6.45, 7) is 3.85. The number of carboxylic acids is 1. The smallest absolute Gasteiger partial charge is 0.307 e. The van der Waals surface area contributed by atoms with E-state index >= 15 is 0 Å². The molecule has 6 heteroatoms. The van der Waals surface area contributed by atoms with Crippen molar-refractivity contribution in [3.8, 4) is 0 Å². The van der Waals surface area contributed by atoms with E-state index in [1.54, 1.807) is 0 Å². The highest BCUT2D eigenvalue weighted by Crippen LogP contribution is 2.31. The minimum atomic E-state index is -1.18. The highest BCUT2D eigenvalue weighted by molar-refractivity contribution is 5.85. The summed E-state index contributed by atoms with van der Waals surface area (Å²) >= 11 is 0. The molecule has 1 aliphatic rings. The number of esters is 1. The Morgan fingerprint density at radius 3 is 2.46 bits per heavy atom. The second-order valence-electron chi connectivity index (χ2n) is 7.02.